The highest BCUT2D eigenvalue weighted by molar-refractivity contribution is 5.51. The molecular formula is C14H25N3O. The standard InChI is InChI=1S/C14H25N3O/c1-12(2)11-17(7-8-18-4)14-10-16-6-5-13(14)9-15-3/h5-6,10,12,15H,7-9,11H2,1-4H3. The first kappa shape index (κ1) is 14.9. The molecule has 0 aliphatic rings. The van der Waals surface area contributed by atoms with E-state index in [4.69, 9.17) is 4.74 Å². The normalized spacial score (nSPS) is 10.9. The summed E-state index contributed by atoms with van der Waals surface area (Å²) >= 11 is 0. The summed E-state index contributed by atoms with van der Waals surface area (Å²) < 4.78 is 5.20. The minimum atomic E-state index is 0.615. The van der Waals surface area contributed by atoms with Crippen molar-refractivity contribution in [1.82, 2.24) is 10.3 Å². The zero-order valence-electron chi connectivity index (χ0n) is 11.9. The molecule has 0 amide bonds. The van der Waals surface area contributed by atoms with Gasteiger partial charge < -0.3 is 15.0 Å². The lowest BCUT2D eigenvalue weighted by Gasteiger charge is -2.28. The zero-order chi connectivity index (χ0) is 13.4. The van der Waals surface area contributed by atoms with Gasteiger partial charge >= 0.3 is 0 Å². The van der Waals surface area contributed by atoms with Crippen LogP contribution in [0.1, 0.15) is 19.4 Å². The molecule has 1 rings (SSSR count). The Bertz CT molecular complexity index is 342. The van der Waals surface area contributed by atoms with Gasteiger partial charge in [0.2, 0.25) is 0 Å². The molecule has 0 saturated heterocycles. The smallest absolute Gasteiger partial charge is 0.0637 e. The molecule has 0 aromatic carbocycles. The molecule has 4 heteroatoms. The lowest BCUT2D eigenvalue weighted by atomic mass is 10.1. The molecule has 0 fully saturated rings. The number of methoxy groups -OCH3 is 1. The largest absolute Gasteiger partial charge is 0.383 e. The first-order chi connectivity index (χ1) is 8.69. The zero-order valence-corrected chi connectivity index (χ0v) is 11.9. The molecule has 102 valence electrons. The molecule has 0 bridgehead atoms. The van der Waals surface area contributed by atoms with Crippen LogP contribution in [-0.2, 0) is 11.3 Å². The van der Waals surface area contributed by atoms with Crippen LogP contribution >= 0.6 is 0 Å². The second kappa shape index (κ2) is 8.06. The predicted octanol–water partition coefficient (Wildman–Crippen LogP) is 1.91. The molecular weight excluding hydrogens is 226 g/mol. The van der Waals surface area contributed by atoms with Crippen molar-refractivity contribution in [3.8, 4) is 0 Å². The minimum Gasteiger partial charge on any atom is -0.383 e. The second-order valence-electron chi connectivity index (χ2n) is 4.87. The number of aromatic nitrogens is 1. The van der Waals surface area contributed by atoms with Gasteiger partial charge in [-0.25, -0.2) is 0 Å². The Labute approximate surface area is 110 Å². The van der Waals surface area contributed by atoms with E-state index in [1.807, 2.05) is 19.4 Å². The molecule has 18 heavy (non-hydrogen) atoms. The SMILES string of the molecule is CNCc1ccncc1N(CCOC)CC(C)C. The van der Waals surface area contributed by atoms with Crippen molar-refractivity contribution in [1.29, 1.82) is 0 Å². The van der Waals surface area contributed by atoms with Gasteiger partial charge in [0.15, 0.2) is 0 Å². The number of anilines is 1. The van der Waals surface area contributed by atoms with Gasteiger partial charge in [0.25, 0.3) is 0 Å². The first-order valence-corrected chi connectivity index (χ1v) is 6.50. The fourth-order valence-electron chi connectivity index (χ4n) is 1.99. The second-order valence-corrected chi connectivity index (χ2v) is 4.87. The third kappa shape index (κ3) is 4.63. The van der Waals surface area contributed by atoms with Crippen LogP contribution < -0.4 is 10.2 Å². The molecule has 0 atom stereocenters. The third-order valence-corrected chi connectivity index (χ3v) is 2.75. The maximum atomic E-state index is 5.20. The summed E-state index contributed by atoms with van der Waals surface area (Å²) in [6, 6.07) is 2.08. The highest BCUT2D eigenvalue weighted by Gasteiger charge is 2.12. The van der Waals surface area contributed by atoms with Crippen molar-refractivity contribution in [2.75, 3.05) is 38.8 Å². The van der Waals surface area contributed by atoms with Gasteiger partial charge in [0.05, 0.1) is 18.5 Å². The van der Waals surface area contributed by atoms with E-state index < -0.39 is 0 Å². The number of rotatable bonds is 8. The minimum absolute atomic E-state index is 0.615. The summed E-state index contributed by atoms with van der Waals surface area (Å²) in [7, 11) is 3.71. The van der Waals surface area contributed by atoms with Crippen LogP contribution in [0.5, 0.6) is 0 Å². The average molecular weight is 251 g/mol. The van der Waals surface area contributed by atoms with Crippen LogP contribution in [0.25, 0.3) is 0 Å². The van der Waals surface area contributed by atoms with Crippen LogP contribution in [0.15, 0.2) is 18.5 Å². The molecule has 1 aromatic heterocycles. The van der Waals surface area contributed by atoms with E-state index >= 15 is 0 Å². The maximum absolute atomic E-state index is 5.20. The molecule has 4 nitrogen and oxygen atoms in total. The van der Waals surface area contributed by atoms with E-state index in [0.29, 0.717) is 5.92 Å². The van der Waals surface area contributed by atoms with Crippen LogP contribution in [0.3, 0.4) is 0 Å². The Morgan fingerprint density at radius 1 is 1.44 bits per heavy atom. The number of ether oxygens (including phenoxy) is 1. The van der Waals surface area contributed by atoms with Crippen molar-refractivity contribution in [2.24, 2.45) is 5.92 Å². The van der Waals surface area contributed by atoms with Crippen molar-refractivity contribution in [3.63, 3.8) is 0 Å². The average Bonchev–Trinajstić information content (AvgIpc) is 2.35. The van der Waals surface area contributed by atoms with E-state index in [1.54, 1.807) is 7.11 Å². The fraction of sp³-hybridized carbons (Fsp3) is 0.643. The van der Waals surface area contributed by atoms with Crippen molar-refractivity contribution >= 4 is 5.69 Å². The third-order valence-electron chi connectivity index (χ3n) is 2.75. The molecule has 0 radical (unpaired) electrons. The van der Waals surface area contributed by atoms with Gasteiger partial charge in [-0.2, -0.15) is 0 Å². The molecule has 0 aliphatic carbocycles. The van der Waals surface area contributed by atoms with Crippen molar-refractivity contribution in [3.05, 3.63) is 24.0 Å². The molecule has 0 spiro atoms. The first-order valence-electron chi connectivity index (χ1n) is 6.50. The van der Waals surface area contributed by atoms with E-state index in [2.05, 4.69) is 35.1 Å². The molecule has 0 aliphatic heterocycles. The van der Waals surface area contributed by atoms with Gasteiger partial charge in [-0.1, -0.05) is 13.8 Å². The Morgan fingerprint density at radius 2 is 2.22 bits per heavy atom. The fourth-order valence-corrected chi connectivity index (χ4v) is 1.99. The molecule has 1 aromatic rings. The number of nitrogens with one attached hydrogen (secondary N) is 1. The van der Waals surface area contributed by atoms with Gasteiger partial charge in [-0.15, -0.1) is 0 Å². The molecule has 0 unspecified atom stereocenters. The quantitative estimate of drug-likeness (QED) is 0.766. The lowest BCUT2D eigenvalue weighted by molar-refractivity contribution is 0.204. The highest BCUT2D eigenvalue weighted by Crippen LogP contribution is 2.20. The van der Waals surface area contributed by atoms with Gasteiger partial charge in [0.1, 0.15) is 0 Å². The monoisotopic (exact) mass is 251 g/mol. The predicted molar refractivity (Wildman–Crippen MR) is 75.9 cm³/mol. The highest BCUT2D eigenvalue weighted by atomic mass is 16.5. The summed E-state index contributed by atoms with van der Waals surface area (Å²) in [4.78, 5) is 6.61. The summed E-state index contributed by atoms with van der Waals surface area (Å²) in [5, 5.41) is 3.20. The van der Waals surface area contributed by atoms with Crippen molar-refractivity contribution < 1.29 is 4.74 Å². The number of hydrogen-bond acceptors (Lipinski definition) is 4. The van der Waals surface area contributed by atoms with Gasteiger partial charge in [-0.3, -0.25) is 4.98 Å². The maximum Gasteiger partial charge on any atom is 0.0637 e. The summed E-state index contributed by atoms with van der Waals surface area (Å²) in [5.74, 6) is 0.615. The van der Waals surface area contributed by atoms with E-state index in [0.717, 1.165) is 26.2 Å². The Hall–Kier alpha value is -1.13. The molecule has 0 saturated carbocycles. The van der Waals surface area contributed by atoms with Gasteiger partial charge in [0, 0.05) is 32.9 Å². The molecule has 1 heterocycles. The summed E-state index contributed by atoms with van der Waals surface area (Å²) in [5.41, 5.74) is 2.49. The summed E-state index contributed by atoms with van der Waals surface area (Å²) in [6.07, 6.45) is 3.80. The van der Waals surface area contributed by atoms with Crippen LogP contribution in [-0.4, -0.2) is 38.8 Å². The van der Waals surface area contributed by atoms with E-state index in [-0.39, 0.29) is 0 Å². The Kier molecular flexibility index (Phi) is 6.68. The Morgan fingerprint density at radius 3 is 2.83 bits per heavy atom. The van der Waals surface area contributed by atoms with Crippen molar-refractivity contribution in [2.45, 2.75) is 20.4 Å². The summed E-state index contributed by atoms with van der Waals surface area (Å²) in [6.45, 7) is 7.98. The topological polar surface area (TPSA) is 37.4 Å². The lowest BCUT2D eigenvalue weighted by Crippen LogP contribution is -2.32. The molecule has 1 N–H and O–H groups in total. The van der Waals surface area contributed by atoms with Crippen LogP contribution in [0.2, 0.25) is 0 Å². The van der Waals surface area contributed by atoms with E-state index in [9.17, 15) is 0 Å². The Balaban J connectivity index is 2.88. The van der Waals surface area contributed by atoms with Gasteiger partial charge in [-0.05, 0) is 24.6 Å². The van der Waals surface area contributed by atoms with Crippen LogP contribution in [0, 0.1) is 5.92 Å². The number of pyridine rings is 1. The number of nitrogens with zero attached hydrogens (tertiary/aromatic N) is 2. The van der Waals surface area contributed by atoms with Crippen LogP contribution in [0.4, 0.5) is 5.69 Å². The number of hydrogen-bond donors (Lipinski definition) is 1. The van der Waals surface area contributed by atoms with E-state index in [1.165, 1.54) is 11.3 Å².